The lowest BCUT2D eigenvalue weighted by molar-refractivity contribution is 1.10. The van der Waals surface area contributed by atoms with Gasteiger partial charge in [0.1, 0.15) is 5.52 Å². The van der Waals surface area contributed by atoms with Crippen LogP contribution in [0.5, 0.6) is 0 Å². The molecule has 0 bridgehead atoms. The molecule has 0 fully saturated rings. The van der Waals surface area contributed by atoms with E-state index in [0.29, 0.717) is 5.65 Å². The second-order valence-corrected chi connectivity index (χ2v) is 4.86. The molecule has 6 nitrogen and oxygen atoms in total. The van der Waals surface area contributed by atoms with Gasteiger partial charge in [-0.1, -0.05) is 17.7 Å². The molecule has 0 aliphatic carbocycles. The van der Waals surface area contributed by atoms with Crippen LogP contribution >= 0.6 is 0 Å². The van der Waals surface area contributed by atoms with Crippen LogP contribution in [-0.2, 0) is 0 Å². The molecule has 0 aliphatic heterocycles. The molecule has 0 unspecified atom stereocenters. The van der Waals surface area contributed by atoms with Crippen LogP contribution in [0.15, 0.2) is 24.5 Å². The second kappa shape index (κ2) is 4.48. The van der Waals surface area contributed by atoms with Crippen molar-refractivity contribution in [2.24, 2.45) is 0 Å². The Balaban J connectivity index is 2.16. The number of aromatic nitrogens is 4. The number of aromatic amines is 1. The number of fused-ring (bicyclic) bond motifs is 1. The Morgan fingerprint density at radius 3 is 2.75 bits per heavy atom. The first kappa shape index (κ1) is 12.4. The molecule has 3 N–H and O–H groups in total. The van der Waals surface area contributed by atoms with Crippen molar-refractivity contribution in [1.29, 1.82) is 0 Å². The lowest BCUT2D eigenvalue weighted by Crippen LogP contribution is -2.14. The molecule has 20 heavy (non-hydrogen) atoms. The van der Waals surface area contributed by atoms with Gasteiger partial charge in [0.05, 0.1) is 6.33 Å². The summed E-state index contributed by atoms with van der Waals surface area (Å²) in [6, 6.07) is 6.29. The molecule has 0 aliphatic rings. The number of anilines is 3. The summed E-state index contributed by atoms with van der Waals surface area (Å²) >= 11 is 0. The molecule has 102 valence electrons. The fraction of sp³-hybridized carbons (Fsp3) is 0.214. The molecule has 0 amide bonds. The lowest BCUT2D eigenvalue weighted by Gasteiger charge is -2.21. The summed E-state index contributed by atoms with van der Waals surface area (Å²) in [6.45, 7) is 4.15. The van der Waals surface area contributed by atoms with E-state index in [9.17, 15) is 0 Å². The van der Waals surface area contributed by atoms with E-state index in [2.05, 4.69) is 52.0 Å². The Kier molecular flexibility index (Phi) is 2.78. The van der Waals surface area contributed by atoms with Crippen LogP contribution in [0.3, 0.4) is 0 Å². The van der Waals surface area contributed by atoms with E-state index in [1.807, 2.05) is 11.9 Å². The number of nitrogens with zero attached hydrogens (tertiary/aromatic N) is 4. The summed E-state index contributed by atoms with van der Waals surface area (Å²) in [6.07, 6.45) is 1.60. The predicted molar refractivity (Wildman–Crippen MR) is 80.1 cm³/mol. The number of benzene rings is 1. The molecule has 3 aromatic rings. The van der Waals surface area contributed by atoms with Gasteiger partial charge in [-0.2, -0.15) is 9.97 Å². The first-order valence-corrected chi connectivity index (χ1v) is 6.34. The maximum absolute atomic E-state index is 5.76. The Labute approximate surface area is 116 Å². The minimum Gasteiger partial charge on any atom is -0.368 e. The monoisotopic (exact) mass is 268 g/mol. The maximum Gasteiger partial charge on any atom is 0.224 e. The molecule has 0 saturated heterocycles. The van der Waals surface area contributed by atoms with Crippen molar-refractivity contribution >= 4 is 28.6 Å². The first-order chi connectivity index (χ1) is 9.56. The van der Waals surface area contributed by atoms with Crippen LogP contribution in [0.2, 0.25) is 0 Å². The fourth-order valence-corrected chi connectivity index (χ4v) is 2.37. The average Bonchev–Trinajstić information content (AvgIpc) is 2.85. The van der Waals surface area contributed by atoms with E-state index in [1.54, 1.807) is 6.33 Å². The summed E-state index contributed by atoms with van der Waals surface area (Å²) < 4.78 is 0. The number of nitrogens with one attached hydrogen (secondary N) is 1. The highest BCUT2D eigenvalue weighted by molar-refractivity contribution is 5.87. The Morgan fingerprint density at radius 1 is 1.20 bits per heavy atom. The summed E-state index contributed by atoms with van der Waals surface area (Å²) in [5.74, 6) is 0.938. The Bertz CT molecular complexity index is 776. The largest absolute Gasteiger partial charge is 0.368 e. The summed E-state index contributed by atoms with van der Waals surface area (Å²) in [5.41, 5.74) is 10.6. The number of nitrogen functional groups attached to an aromatic ring is 1. The minimum atomic E-state index is 0.219. The molecule has 3 rings (SSSR count). The number of aryl methyl sites for hydroxylation is 2. The van der Waals surface area contributed by atoms with Gasteiger partial charge in [0, 0.05) is 12.7 Å². The number of hydrogen-bond donors (Lipinski definition) is 2. The first-order valence-electron chi connectivity index (χ1n) is 6.34. The third-order valence-corrected chi connectivity index (χ3v) is 3.32. The molecule has 6 heteroatoms. The maximum atomic E-state index is 5.76. The van der Waals surface area contributed by atoms with Crippen molar-refractivity contribution in [2.75, 3.05) is 17.7 Å². The fourth-order valence-electron chi connectivity index (χ4n) is 2.37. The zero-order chi connectivity index (χ0) is 14.3. The summed E-state index contributed by atoms with van der Waals surface area (Å²) in [5, 5.41) is 0. The minimum absolute atomic E-state index is 0.219. The van der Waals surface area contributed by atoms with Crippen LogP contribution in [0.4, 0.5) is 17.5 Å². The lowest BCUT2D eigenvalue weighted by atomic mass is 10.1. The quantitative estimate of drug-likeness (QED) is 0.745. The molecule has 2 aromatic heterocycles. The summed E-state index contributed by atoms with van der Waals surface area (Å²) in [7, 11) is 1.96. The topological polar surface area (TPSA) is 83.7 Å². The molecule has 0 radical (unpaired) electrons. The zero-order valence-corrected chi connectivity index (χ0v) is 11.7. The molecule has 2 heterocycles. The van der Waals surface area contributed by atoms with Gasteiger partial charge in [-0.3, -0.25) is 0 Å². The Hall–Kier alpha value is -2.63. The highest BCUT2D eigenvalue weighted by Gasteiger charge is 2.15. The van der Waals surface area contributed by atoms with E-state index in [4.69, 9.17) is 5.73 Å². The van der Waals surface area contributed by atoms with Gasteiger partial charge in [-0.15, -0.1) is 0 Å². The van der Waals surface area contributed by atoms with Crippen molar-refractivity contribution in [1.82, 2.24) is 19.9 Å². The number of rotatable bonds is 2. The van der Waals surface area contributed by atoms with Crippen molar-refractivity contribution in [2.45, 2.75) is 13.8 Å². The van der Waals surface area contributed by atoms with Crippen molar-refractivity contribution in [3.8, 4) is 0 Å². The number of H-pyrrole nitrogens is 1. The second-order valence-electron chi connectivity index (χ2n) is 4.86. The van der Waals surface area contributed by atoms with E-state index in [1.165, 1.54) is 11.1 Å². The van der Waals surface area contributed by atoms with Crippen LogP contribution < -0.4 is 10.6 Å². The molecule has 1 aromatic carbocycles. The SMILES string of the molecule is Cc1ccc(N(C)c2nc(N)nc3nc[nH]c23)c(C)c1. The van der Waals surface area contributed by atoms with Crippen molar-refractivity contribution in [3.63, 3.8) is 0 Å². The van der Waals surface area contributed by atoms with Gasteiger partial charge in [-0.25, -0.2) is 4.98 Å². The number of nitrogens with two attached hydrogens (primary N) is 1. The normalized spacial score (nSPS) is 10.9. The molecular weight excluding hydrogens is 252 g/mol. The van der Waals surface area contributed by atoms with Crippen LogP contribution in [0.1, 0.15) is 11.1 Å². The van der Waals surface area contributed by atoms with Gasteiger partial charge in [0.25, 0.3) is 0 Å². The van der Waals surface area contributed by atoms with Crippen LogP contribution in [-0.4, -0.2) is 27.0 Å². The van der Waals surface area contributed by atoms with Gasteiger partial charge in [-0.05, 0) is 25.5 Å². The highest BCUT2D eigenvalue weighted by atomic mass is 15.2. The van der Waals surface area contributed by atoms with E-state index in [-0.39, 0.29) is 5.95 Å². The third-order valence-electron chi connectivity index (χ3n) is 3.32. The third kappa shape index (κ3) is 1.95. The molecule has 0 atom stereocenters. The van der Waals surface area contributed by atoms with E-state index >= 15 is 0 Å². The molecule has 0 spiro atoms. The van der Waals surface area contributed by atoms with Crippen LogP contribution in [0.25, 0.3) is 11.2 Å². The predicted octanol–water partition coefficient (Wildman–Crippen LogP) is 2.32. The van der Waals surface area contributed by atoms with Gasteiger partial charge in [0.2, 0.25) is 5.95 Å². The van der Waals surface area contributed by atoms with Gasteiger partial charge < -0.3 is 15.6 Å². The number of imidazole rings is 1. The standard InChI is InChI=1S/C14H16N6/c1-8-4-5-10(9(2)6-8)20(3)13-11-12(17-7-16-11)18-14(15)19-13/h4-7H,1-3H3,(H3,15,16,17,18,19). The summed E-state index contributed by atoms with van der Waals surface area (Å²) in [4.78, 5) is 17.6. The average molecular weight is 268 g/mol. The van der Waals surface area contributed by atoms with Gasteiger partial charge >= 0.3 is 0 Å². The Morgan fingerprint density at radius 2 is 2.00 bits per heavy atom. The zero-order valence-electron chi connectivity index (χ0n) is 11.7. The molecule has 0 saturated carbocycles. The van der Waals surface area contributed by atoms with Crippen molar-refractivity contribution in [3.05, 3.63) is 35.7 Å². The number of hydrogen-bond acceptors (Lipinski definition) is 5. The van der Waals surface area contributed by atoms with Crippen LogP contribution in [0, 0.1) is 13.8 Å². The van der Waals surface area contributed by atoms with E-state index in [0.717, 1.165) is 17.0 Å². The highest BCUT2D eigenvalue weighted by Crippen LogP contribution is 2.30. The van der Waals surface area contributed by atoms with E-state index < -0.39 is 0 Å². The van der Waals surface area contributed by atoms with Crippen molar-refractivity contribution < 1.29 is 0 Å². The van der Waals surface area contributed by atoms with Gasteiger partial charge in [0.15, 0.2) is 11.5 Å². The molecular formula is C14H16N6. The smallest absolute Gasteiger partial charge is 0.224 e.